The molecule has 0 fully saturated rings. The van der Waals surface area contributed by atoms with Crippen molar-refractivity contribution < 1.29 is 52.8 Å². The van der Waals surface area contributed by atoms with E-state index in [1.54, 1.807) is 31.2 Å². The summed E-state index contributed by atoms with van der Waals surface area (Å²) in [7, 11) is 2.60. The van der Waals surface area contributed by atoms with Crippen LogP contribution in [-0.4, -0.2) is 60.6 Å². The summed E-state index contributed by atoms with van der Waals surface area (Å²) in [5.41, 5.74) is 7.43. The second-order valence-electron chi connectivity index (χ2n) is 9.32. The summed E-state index contributed by atoms with van der Waals surface area (Å²) in [5, 5.41) is 23.4. The number of hydrogen-bond donors (Lipinski definition) is 2. The molecule has 0 aromatic heterocycles. The molecule has 0 saturated carbocycles. The molecule has 51 heavy (non-hydrogen) atoms. The summed E-state index contributed by atoms with van der Waals surface area (Å²) in [4.78, 5) is 76.4. The van der Waals surface area contributed by atoms with E-state index in [2.05, 4.69) is 24.3 Å². The van der Waals surface area contributed by atoms with Gasteiger partial charge in [0.25, 0.3) is 17.3 Å². The van der Waals surface area contributed by atoms with Crippen LogP contribution >= 0.6 is 0 Å². The number of methoxy groups -OCH3 is 2. The number of non-ortho nitro benzene ring substituents is 2. The van der Waals surface area contributed by atoms with Crippen LogP contribution in [0.2, 0.25) is 0 Å². The van der Waals surface area contributed by atoms with Crippen LogP contribution in [0.4, 0.5) is 27.5 Å². The standard InChI is InChI=1S/C17H14N2O7.C8H7NO4.C8H9NO2.CH4/c1-2-25-17(22)26-16(21)12-3-7-13(8-4-12)18-15(20)11-5-9-14(10-6-11)19(23)24;1-13-8(10)6-2-4-7(5-3-6)9(11)12;1-11-8(10)6-2-4-7(9)5-3-6;/h3-10H,2H2,1H3,(H,18,20);2-5H,1H3;2-5H,9H2,1H3;1H4. The zero-order chi connectivity index (χ0) is 37.2. The molecule has 0 unspecified atom stereocenters. The number of ether oxygens (including phenoxy) is 4. The van der Waals surface area contributed by atoms with Gasteiger partial charge in [-0.05, 0) is 79.7 Å². The molecule has 0 bridgehead atoms. The van der Waals surface area contributed by atoms with E-state index in [1.165, 1.54) is 87.0 Å². The molecule has 4 aromatic rings. The molecule has 0 atom stereocenters. The highest BCUT2D eigenvalue weighted by Crippen LogP contribution is 2.16. The molecule has 0 spiro atoms. The number of nitrogen functional groups attached to an aromatic ring is 1. The van der Waals surface area contributed by atoms with Gasteiger partial charge >= 0.3 is 24.1 Å². The number of rotatable bonds is 8. The van der Waals surface area contributed by atoms with Gasteiger partial charge in [0, 0.05) is 41.2 Å². The van der Waals surface area contributed by atoms with Crippen molar-refractivity contribution >= 4 is 52.7 Å². The molecule has 0 aliphatic carbocycles. The van der Waals surface area contributed by atoms with Crippen LogP contribution < -0.4 is 11.1 Å². The van der Waals surface area contributed by atoms with Gasteiger partial charge in [0.1, 0.15) is 0 Å². The lowest BCUT2D eigenvalue weighted by Gasteiger charge is -2.06. The molecule has 0 saturated heterocycles. The van der Waals surface area contributed by atoms with Gasteiger partial charge in [0.15, 0.2) is 0 Å². The first-order valence-electron chi connectivity index (χ1n) is 14.1. The maximum Gasteiger partial charge on any atom is 0.516 e. The van der Waals surface area contributed by atoms with Crippen molar-refractivity contribution in [2.24, 2.45) is 0 Å². The van der Waals surface area contributed by atoms with Gasteiger partial charge in [-0.15, -0.1) is 0 Å². The highest BCUT2D eigenvalue weighted by Gasteiger charge is 2.15. The van der Waals surface area contributed by atoms with E-state index < -0.39 is 33.8 Å². The van der Waals surface area contributed by atoms with E-state index in [-0.39, 0.29) is 42.5 Å². The Morgan fingerprint density at radius 1 is 0.627 bits per heavy atom. The molecule has 4 aromatic carbocycles. The Balaban J connectivity index is 0.000000433. The molecule has 4 rings (SSSR count). The lowest BCUT2D eigenvalue weighted by molar-refractivity contribution is -0.385. The largest absolute Gasteiger partial charge is 0.516 e. The minimum absolute atomic E-state index is 0. The highest BCUT2D eigenvalue weighted by molar-refractivity contribution is 6.04. The first kappa shape index (κ1) is 41.9. The van der Waals surface area contributed by atoms with Gasteiger partial charge in [-0.3, -0.25) is 25.0 Å². The lowest BCUT2D eigenvalue weighted by Crippen LogP contribution is -2.14. The topological polar surface area (TPSA) is 247 Å². The number of hydrogen-bond acceptors (Lipinski definition) is 14. The molecule has 1 amide bonds. The lowest BCUT2D eigenvalue weighted by atomic mass is 10.1. The average molecular weight is 707 g/mol. The minimum Gasteiger partial charge on any atom is -0.465 e. The van der Waals surface area contributed by atoms with Crippen LogP contribution in [0.5, 0.6) is 0 Å². The third kappa shape index (κ3) is 13.8. The van der Waals surface area contributed by atoms with Gasteiger partial charge in [-0.1, -0.05) is 7.43 Å². The number of esters is 3. The fourth-order valence-electron chi connectivity index (χ4n) is 3.48. The smallest absolute Gasteiger partial charge is 0.465 e. The van der Waals surface area contributed by atoms with Crippen molar-refractivity contribution in [2.45, 2.75) is 14.4 Å². The number of carbonyl (C=O) groups excluding carboxylic acids is 5. The van der Waals surface area contributed by atoms with Crippen molar-refractivity contribution in [1.29, 1.82) is 0 Å². The Labute approximate surface area is 291 Å². The van der Waals surface area contributed by atoms with Crippen molar-refractivity contribution in [3.8, 4) is 0 Å². The van der Waals surface area contributed by atoms with Gasteiger partial charge in [0.05, 0.1) is 47.4 Å². The Bertz CT molecular complexity index is 1810. The fraction of sp³-hybridized carbons (Fsp3) is 0.147. The summed E-state index contributed by atoms with van der Waals surface area (Å²) in [5.74, 6) is -2.20. The number of carbonyl (C=O) groups is 5. The number of nitrogens with two attached hydrogens (primary N) is 1. The number of nitro benzene ring substituents is 2. The summed E-state index contributed by atoms with van der Waals surface area (Å²) in [6.45, 7) is 1.66. The van der Waals surface area contributed by atoms with E-state index in [9.17, 15) is 44.2 Å². The maximum atomic E-state index is 12.1. The number of anilines is 2. The molecule has 0 aliphatic heterocycles. The summed E-state index contributed by atoms with van der Waals surface area (Å²) >= 11 is 0. The van der Waals surface area contributed by atoms with Crippen molar-refractivity contribution in [3.63, 3.8) is 0 Å². The van der Waals surface area contributed by atoms with Crippen molar-refractivity contribution in [2.75, 3.05) is 31.9 Å². The van der Waals surface area contributed by atoms with Crippen LogP contribution in [-0.2, 0) is 18.9 Å². The van der Waals surface area contributed by atoms with Gasteiger partial charge in [-0.25, -0.2) is 19.2 Å². The Morgan fingerprint density at radius 3 is 1.39 bits per heavy atom. The molecule has 17 heteroatoms. The predicted molar refractivity (Wildman–Crippen MR) is 183 cm³/mol. The fourth-order valence-corrected chi connectivity index (χ4v) is 3.48. The maximum absolute atomic E-state index is 12.1. The molecular weight excluding hydrogens is 672 g/mol. The van der Waals surface area contributed by atoms with Crippen LogP contribution in [0.1, 0.15) is 55.8 Å². The van der Waals surface area contributed by atoms with Crippen molar-refractivity contribution in [1.82, 2.24) is 0 Å². The second-order valence-corrected chi connectivity index (χ2v) is 9.32. The molecule has 3 N–H and O–H groups in total. The summed E-state index contributed by atoms with van der Waals surface area (Å²) < 4.78 is 17.9. The minimum atomic E-state index is -1.09. The van der Waals surface area contributed by atoms with Crippen LogP contribution in [0.3, 0.4) is 0 Å². The third-order valence-corrected chi connectivity index (χ3v) is 5.99. The van der Waals surface area contributed by atoms with Gasteiger partial charge in [-0.2, -0.15) is 0 Å². The van der Waals surface area contributed by atoms with Crippen LogP contribution in [0.25, 0.3) is 0 Å². The summed E-state index contributed by atoms with van der Waals surface area (Å²) in [6.07, 6.45) is -1.09. The monoisotopic (exact) mass is 706 g/mol. The number of nitrogens with one attached hydrogen (secondary N) is 1. The predicted octanol–water partition coefficient (Wildman–Crippen LogP) is 6.23. The molecule has 0 radical (unpaired) electrons. The molecule has 0 aliphatic rings. The zero-order valence-electron chi connectivity index (χ0n) is 26.7. The SMILES string of the molecule is C.CCOC(=O)OC(=O)c1ccc(NC(=O)c2ccc([N+](=O)[O-])cc2)cc1.COC(=O)c1ccc(N)cc1.COC(=O)c1ccc([N+](=O)[O-])cc1. The van der Waals surface area contributed by atoms with Crippen LogP contribution in [0, 0.1) is 20.2 Å². The first-order chi connectivity index (χ1) is 23.8. The quantitative estimate of drug-likeness (QED) is 0.0515. The van der Waals surface area contributed by atoms with E-state index in [0.717, 1.165) is 0 Å². The number of benzene rings is 4. The Hall–Kier alpha value is -7.17. The van der Waals surface area contributed by atoms with E-state index in [0.29, 0.717) is 22.5 Å². The van der Waals surface area contributed by atoms with Crippen LogP contribution in [0.15, 0.2) is 97.1 Å². The number of nitro groups is 2. The van der Waals surface area contributed by atoms with Gasteiger partial charge in [0.2, 0.25) is 0 Å². The van der Waals surface area contributed by atoms with E-state index >= 15 is 0 Å². The number of amides is 1. The average Bonchev–Trinajstić information content (AvgIpc) is 3.12. The molecule has 268 valence electrons. The summed E-state index contributed by atoms with van der Waals surface area (Å²) in [6, 6.07) is 22.5. The van der Waals surface area contributed by atoms with Crippen molar-refractivity contribution in [3.05, 3.63) is 140 Å². The van der Waals surface area contributed by atoms with E-state index in [4.69, 9.17) is 5.73 Å². The number of nitrogens with zero attached hydrogens (tertiary/aromatic N) is 2. The third-order valence-electron chi connectivity index (χ3n) is 5.99. The second kappa shape index (κ2) is 20.9. The molecule has 0 heterocycles. The highest BCUT2D eigenvalue weighted by atomic mass is 16.7. The first-order valence-corrected chi connectivity index (χ1v) is 14.1. The zero-order valence-corrected chi connectivity index (χ0v) is 26.7. The Kier molecular flexibility index (Phi) is 17.2. The molecular formula is C34H34N4O13. The van der Waals surface area contributed by atoms with Gasteiger partial charge < -0.3 is 30.0 Å². The normalized spacial score (nSPS) is 9.39. The molecule has 17 nitrogen and oxygen atoms in total. The van der Waals surface area contributed by atoms with E-state index in [1.807, 2.05) is 0 Å². The Morgan fingerprint density at radius 2 is 1.00 bits per heavy atom.